The van der Waals surface area contributed by atoms with E-state index >= 15 is 0 Å². The maximum absolute atomic E-state index is 12.3. The van der Waals surface area contributed by atoms with Crippen LogP contribution in [0.3, 0.4) is 0 Å². The first kappa shape index (κ1) is 19.7. The maximum Gasteiger partial charge on any atom is 0.437 e. The molecule has 0 unspecified atom stereocenters. The van der Waals surface area contributed by atoms with Crippen LogP contribution in [0.5, 0.6) is 0 Å². The van der Waals surface area contributed by atoms with E-state index in [1.807, 2.05) is 48.7 Å². The SMILES string of the molecule is Cc1sc(NC(=O)CCn2nc(-c3cccs3)oc2=O)nc1-c1ccc(Br)cc1. The fraction of sp³-hybridized carbons (Fsp3) is 0.158. The number of aryl methyl sites for hydroxylation is 2. The van der Waals surface area contributed by atoms with E-state index in [0.717, 1.165) is 30.2 Å². The number of thiazole rings is 1. The molecule has 0 atom stereocenters. The van der Waals surface area contributed by atoms with Gasteiger partial charge in [0.05, 0.1) is 17.1 Å². The zero-order valence-corrected chi connectivity index (χ0v) is 18.4. The standard InChI is InChI=1S/C19H15BrN4O3S2/c1-11-16(12-4-6-13(20)7-5-12)22-18(29-11)21-15(25)8-9-24-19(26)27-17(23-24)14-3-2-10-28-14/h2-7,10H,8-9H2,1H3,(H,21,22,25). The zero-order chi connectivity index (χ0) is 20.4. The Bertz CT molecular complexity index is 1190. The number of nitrogens with zero attached hydrogens (tertiary/aromatic N) is 3. The summed E-state index contributed by atoms with van der Waals surface area (Å²) < 4.78 is 7.30. The average molecular weight is 491 g/mol. The Hall–Kier alpha value is -2.56. The van der Waals surface area contributed by atoms with Crippen molar-refractivity contribution in [3.63, 3.8) is 0 Å². The molecule has 0 aliphatic rings. The van der Waals surface area contributed by atoms with Crippen LogP contribution in [0.15, 0.2) is 55.5 Å². The van der Waals surface area contributed by atoms with Crippen molar-refractivity contribution in [1.29, 1.82) is 0 Å². The van der Waals surface area contributed by atoms with E-state index in [2.05, 4.69) is 31.3 Å². The van der Waals surface area contributed by atoms with Crippen LogP contribution in [0.1, 0.15) is 11.3 Å². The Balaban J connectivity index is 1.40. The molecule has 148 valence electrons. The summed E-state index contributed by atoms with van der Waals surface area (Å²) in [5.41, 5.74) is 1.82. The average Bonchev–Trinajstić information content (AvgIpc) is 3.41. The van der Waals surface area contributed by atoms with Gasteiger partial charge in [-0.25, -0.2) is 9.78 Å². The van der Waals surface area contributed by atoms with Gasteiger partial charge in [-0.2, -0.15) is 4.68 Å². The molecule has 0 fully saturated rings. The van der Waals surface area contributed by atoms with Crippen molar-refractivity contribution in [3.05, 3.63) is 61.7 Å². The summed E-state index contributed by atoms with van der Waals surface area (Å²) in [6.45, 7) is 2.09. The molecule has 4 rings (SSSR count). The van der Waals surface area contributed by atoms with Crippen LogP contribution in [0.25, 0.3) is 22.0 Å². The molecule has 0 saturated heterocycles. The van der Waals surface area contributed by atoms with E-state index in [1.165, 1.54) is 22.7 Å². The van der Waals surface area contributed by atoms with Gasteiger partial charge in [-0.3, -0.25) is 4.79 Å². The van der Waals surface area contributed by atoms with E-state index in [1.54, 1.807) is 0 Å². The number of thiophene rings is 1. The minimum Gasteiger partial charge on any atom is -0.387 e. The van der Waals surface area contributed by atoms with Gasteiger partial charge in [0.15, 0.2) is 5.13 Å². The molecule has 3 aromatic heterocycles. The summed E-state index contributed by atoms with van der Waals surface area (Å²) >= 11 is 6.26. The molecule has 0 radical (unpaired) electrons. The molecule has 1 aromatic carbocycles. The molecule has 7 nitrogen and oxygen atoms in total. The number of hydrogen-bond donors (Lipinski definition) is 1. The second kappa shape index (κ2) is 8.44. The van der Waals surface area contributed by atoms with Gasteiger partial charge >= 0.3 is 5.76 Å². The third kappa shape index (κ3) is 4.55. The predicted molar refractivity (Wildman–Crippen MR) is 117 cm³/mol. The van der Waals surface area contributed by atoms with Crippen LogP contribution in [0.2, 0.25) is 0 Å². The topological polar surface area (TPSA) is 90.0 Å². The summed E-state index contributed by atoms with van der Waals surface area (Å²) in [5, 5.41) is 9.34. The van der Waals surface area contributed by atoms with Crippen LogP contribution in [0, 0.1) is 6.92 Å². The Morgan fingerprint density at radius 3 is 2.79 bits per heavy atom. The fourth-order valence-corrected chi connectivity index (χ4v) is 4.42. The highest BCUT2D eigenvalue weighted by atomic mass is 79.9. The van der Waals surface area contributed by atoms with E-state index in [4.69, 9.17) is 4.42 Å². The maximum atomic E-state index is 12.3. The van der Waals surface area contributed by atoms with Gasteiger partial charge in [0, 0.05) is 21.3 Å². The third-order valence-corrected chi connectivity index (χ3v) is 6.32. The molecular formula is C19H15BrN4O3S2. The monoisotopic (exact) mass is 490 g/mol. The van der Waals surface area contributed by atoms with Gasteiger partial charge in [-0.15, -0.1) is 27.8 Å². The minimum absolute atomic E-state index is 0.0859. The predicted octanol–water partition coefficient (Wildman–Crippen LogP) is 4.79. The molecule has 0 spiro atoms. The summed E-state index contributed by atoms with van der Waals surface area (Å²) in [6, 6.07) is 11.5. The number of rotatable bonds is 6. The van der Waals surface area contributed by atoms with Crippen LogP contribution in [-0.4, -0.2) is 20.7 Å². The van der Waals surface area contributed by atoms with Gasteiger partial charge in [0.25, 0.3) is 5.89 Å². The molecule has 1 N–H and O–H groups in total. The van der Waals surface area contributed by atoms with Crippen molar-refractivity contribution in [2.75, 3.05) is 5.32 Å². The number of hydrogen-bond acceptors (Lipinski definition) is 7. The number of benzene rings is 1. The highest BCUT2D eigenvalue weighted by molar-refractivity contribution is 9.10. The molecule has 4 aromatic rings. The van der Waals surface area contributed by atoms with Crippen molar-refractivity contribution in [1.82, 2.24) is 14.8 Å². The van der Waals surface area contributed by atoms with Gasteiger partial charge in [0.1, 0.15) is 0 Å². The quantitative estimate of drug-likeness (QED) is 0.419. The lowest BCUT2D eigenvalue weighted by Gasteiger charge is -2.01. The van der Waals surface area contributed by atoms with Crippen molar-refractivity contribution in [3.8, 4) is 22.0 Å². The Morgan fingerprint density at radius 2 is 2.07 bits per heavy atom. The Labute approximate surface area is 182 Å². The van der Waals surface area contributed by atoms with Gasteiger partial charge in [0.2, 0.25) is 5.91 Å². The summed E-state index contributed by atoms with van der Waals surface area (Å²) in [6.07, 6.45) is 0.0859. The fourth-order valence-electron chi connectivity index (χ4n) is 2.66. The van der Waals surface area contributed by atoms with Crippen LogP contribution < -0.4 is 11.1 Å². The molecule has 0 aliphatic carbocycles. The summed E-state index contributed by atoms with van der Waals surface area (Å²) in [4.78, 5) is 30.5. The summed E-state index contributed by atoms with van der Waals surface area (Å²) in [7, 11) is 0. The van der Waals surface area contributed by atoms with E-state index < -0.39 is 5.76 Å². The molecule has 1 amide bonds. The Morgan fingerprint density at radius 1 is 1.28 bits per heavy atom. The molecule has 0 bridgehead atoms. The second-order valence-electron chi connectivity index (χ2n) is 6.10. The lowest BCUT2D eigenvalue weighted by atomic mass is 10.1. The lowest BCUT2D eigenvalue weighted by molar-refractivity contribution is -0.116. The lowest BCUT2D eigenvalue weighted by Crippen LogP contribution is -2.20. The highest BCUT2D eigenvalue weighted by Crippen LogP contribution is 2.31. The first-order valence-electron chi connectivity index (χ1n) is 8.64. The number of carbonyl (C=O) groups excluding carboxylic acids is 1. The van der Waals surface area contributed by atoms with Gasteiger partial charge < -0.3 is 9.73 Å². The van der Waals surface area contributed by atoms with Crippen molar-refractivity contribution < 1.29 is 9.21 Å². The van der Waals surface area contributed by atoms with Crippen LogP contribution >= 0.6 is 38.6 Å². The third-order valence-electron chi connectivity index (χ3n) is 4.05. The first-order valence-corrected chi connectivity index (χ1v) is 11.1. The first-order chi connectivity index (χ1) is 14.0. The smallest absolute Gasteiger partial charge is 0.387 e. The van der Waals surface area contributed by atoms with Crippen molar-refractivity contribution >= 4 is 49.6 Å². The largest absolute Gasteiger partial charge is 0.437 e. The number of anilines is 1. The van der Waals surface area contributed by atoms with E-state index in [0.29, 0.717) is 5.13 Å². The molecule has 29 heavy (non-hydrogen) atoms. The normalized spacial score (nSPS) is 11.0. The van der Waals surface area contributed by atoms with Crippen LogP contribution in [-0.2, 0) is 11.3 Å². The van der Waals surface area contributed by atoms with E-state index in [9.17, 15) is 9.59 Å². The second-order valence-corrected chi connectivity index (χ2v) is 9.17. The van der Waals surface area contributed by atoms with Gasteiger partial charge in [-0.1, -0.05) is 34.1 Å². The zero-order valence-electron chi connectivity index (χ0n) is 15.2. The van der Waals surface area contributed by atoms with Gasteiger partial charge in [-0.05, 0) is 30.5 Å². The highest BCUT2D eigenvalue weighted by Gasteiger charge is 2.15. The molecule has 0 aliphatic heterocycles. The molecule has 0 saturated carbocycles. The van der Waals surface area contributed by atoms with E-state index in [-0.39, 0.29) is 24.8 Å². The van der Waals surface area contributed by atoms with Crippen LogP contribution in [0.4, 0.5) is 5.13 Å². The number of carbonyl (C=O) groups is 1. The molecular weight excluding hydrogens is 476 g/mol. The minimum atomic E-state index is -0.580. The number of amides is 1. The number of nitrogens with one attached hydrogen (secondary N) is 1. The Kier molecular flexibility index (Phi) is 5.74. The number of aromatic nitrogens is 3. The van der Waals surface area contributed by atoms with Crippen molar-refractivity contribution in [2.24, 2.45) is 0 Å². The van der Waals surface area contributed by atoms with Crippen molar-refractivity contribution in [2.45, 2.75) is 19.9 Å². The molecule has 3 heterocycles. The summed E-state index contributed by atoms with van der Waals surface area (Å²) in [5.74, 6) is -0.558. The number of halogens is 1. The molecule has 10 heteroatoms.